The summed E-state index contributed by atoms with van der Waals surface area (Å²) in [5.74, 6) is 0.178. The van der Waals surface area contributed by atoms with E-state index in [0.29, 0.717) is 25.9 Å². The van der Waals surface area contributed by atoms with Crippen molar-refractivity contribution in [3.05, 3.63) is 87.7 Å². The van der Waals surface area contributed by atoms with Gasteiger partial charge in [-0.15, -0.1) is 0 Å². The van der Waals surface area contributed by atoms with Crippen LogP contribution in [0.25, 0.3) is 0 Å². The van der Waals surface area contributed by atoms with Crippen molar-refractivity contribution < 1.29 is 17.9 Å². The molecule has 0 saturated carbocycles. The van der Waals surface area contributed by atoms with Crippen molar-refractivity contribution >= 4 is 38.9 Å². The number of hydrogen-bond donors (Lipinski definition) is 0. The number of hydrogen-bond acceptors (Lipinski definition) is 5. The highest BCUT2D eigenvalue weighted by Crippen LogP contribution is 2.31. The van der Waals surface area contributed by atoms with Crippen LogP contribution in [-0.4, -0.2) is 43.4 Å². The van der Waals surface area contributed by atoms with Crippen LogP contribution < -0.4 is 4.74 Å². The summed E-state index contributed by atoms with van der Waals surface area (Å²) in [4.78, 5) is 18.9. The average molecular weight is 519 g/mol. The van der Waals surface area contributed by atoms with Crippen LogP contribution in [-0.2, 0) is 15.6 Å². The SMILES string of the molecule is Cc1ccc(OC2CCN(C(=O)c3cccc(CS(=O)(=O)c4c(Cl)cccc4Cl)n3)CC2)cc1. The molecule has 1 aliphatic heterocycles. The molecule has 4 rings (SSSR count). The number of benzene rings is 2. The van der Waals surface area contributed by atoms with Crippen molar-refractivity contribution in [1.29, 1.82) is 0 Å². The molecule has 0 aliphatic carbocycles. The van der Waals surface area contributed by atoms with Gasteiger partial charge in [-0.3, -0.25) is 4.79 Å². The van der Waals surface area contributed by atoms with Gasteiger partial charge in [0.25, 0.3) is 5.91 Å². The van der Waals surface area contributed by atoms with Gasteiger partial charge in [0.15, 0.2) is 9.84 Å². The van der Waals surface area contributed by atoms with E-state index in [1.807, 2.05) is 31.2 Å². The van der Waals surface area contributed by atoms with Gasteiger partial charge in [0.1, 0.15) is 22.4 Å². The van der Waals surface area contributed by atoms with E-state index in [4.69, 9.17) is 27.9 Å². The summed E-state index contributed by atoms with van der Waals surface area (Å²) in [5, 5.41) is 0.103. The van der Waals surface area contributed by atoms with Crippen molar-refractivity contribution in [2.45, 2.75) is 36.5 Å². The minimum absolute atomic E-state index is 0.0385. The Morgan fingerprint density at radius 1 is 1.00 bits per heavy atom. The number of piperidine rings is 1. The smallest absolute Gasteiger partial charge is 0.272 e. The molecule has 0 atom stereocenters. The highest BCUT2D eigenvalue weighted by molar-refractivity contribution is 7.90. The Hall–Kier alpha value is -2.61. The topological polar surface area (TPSA) is 76.6 Å². The van der Waals surface area contributed by atoms with Crippen molar-refractivity contribution in [3.8, 4) is 5.75 Å². The molecular formula is C25H24Cl2N2O4S. The highest BCUT2D eigenvalue weighted by atomic mass is 35.5. The zero-order valence-electron chi connectivity index (χ0n) is 18.6. The molecule has 0 N–H and O–H groups in total. The Bertz CT molecular complexity index is 1270. The maximum atomic E-state index is 13.0. The van der Waals surface area contributed by atoms with Crippen LogP contribution in [0.2, 0.25) is 10.0 Å². The normalized spacial score (nSPS) is 14.7. The van der Waals surface area contributed by atoms with Crippen LogP contribution in [0.4, 0.5) is 0 Å². The molecule has 1 fully saturated rings. The standard InChI is InChI=1S/C25H24Cl2N2O4S/c1-17-8-10-19(11-9-17)33-20-12-14-29(15-13-20)25(30)23-7-2-4-18(28-23)16-34(31,32)24-21(26)5-3-6-22(24)27/h2-11,20H,12-16H2,1H3. The van der Waals surface area contributed by atoms with E-state index in [1.165, 1.54) is 17.7 Å². The lowest BCUT2D eigenvalue weighted by Crippen LogP contribution is -2.42. The lowest BCUT2D eigenvalue weighted by atomic mass is 10.1. The van der Waals surface area contributed by atoms with Gasteiger partial charge in [-0.25, -0.2) is 13.4 Å². The van der Waals surface area contributed by atoms with E-state index in [9.17, 15) is 13.2 Å². The van der Waals surface area contributed by atoms with Crippen LogP contribution in [0.3, 0.4) is 0 Å². The van der Waals surface area contributed by atoms with E-state index in [1.54, 1.807) is 29.2 Å². The number of halogens is 2. The first-order valence-corrected chi connectivity index (χ1v) is 13.3. The van der Waals surface area contributed by atoms with Gasteiger partial charge in [-0.2, -0.15) is 0 Å². The molecule has 34 heavy (non-hydrogen) atoms. The fourth-order valence-electron chi connectivity index (χ4n) is 3.87. The van der Waals surface area contributed by atoms with Gasteiger partial charge >= 0.3 is 0 Å². The number of aryl methyl sites for hydroxylation is 1. The van der Waals surface area contributed by atoms with Gasteiger partial charge < -0.3 is 9.64 Å². The summed E-state index contributed by atoms with van der Waals surface area (Å²) < 4.78 is 31.9. The van der Waals surface area contributed by atoms with Gasteiger partial charge in [-0.05, 0) is 43.3 Å². The first-order valence-electron chi connectivity index (χ1n) is 10.9. The number of carbonyl (C=O) groups excluding carboxylic acids is 1. The Kier molecular flexibility index (Phi) is 7.45. The molecule has 1 saturated heterocycles. The van der Waals surface area contributed by atoms with E-state index >= 15 is 0 Å². The quantitative estimate of drug-likeness (QED) is 0.439. The van der Waals surface area contributed by atoms with Crippen LogP contribution in [0.5, 0.6) is 5.75 Å². The number of nitrogens with zero attached hydrogens (tertiary/aromatic N) is 2. The van der Waals surface area contributed by atoms with Gasteiger partial charge in [0, 0.05) is 25.9 Å². The number of pyridine rings is 1. The van der Waals surface area contributed by atoms with Gasteiger partial charge in [-0.1, -0.05) is 53.0 Å². The lowest BCUT2D eigenvalue weighted by Gasteiger charge is -2.32. The number of ether oxygens (including phenoxy) is 1. The lowest BCUT2D eigenvalue weighted by molar-refractivity contribution is 0.0590. The van der Waals surface area contributed by atoms with E-state index in [-0.39, 0.29) is 38.3 Å². The summed E-state index contributed by atoms with van der Waals surface area (Å²) in [5.41, 5.74) is 1.63. The molecule has 0 spiro atoms. The van der Waals surface area contributed by atoms with Crippen molar-refractivity contribution in [3.63, 3.8) is 0 Å². The van der Waals surface area contributed by atoms with Crippen molar-refractivity contribution in [2.24, 2.45) is 0 Å². The molecule has 1 amide bonds. The summed E-state index contributed by atoms with van der Waals surface area (Å²) in [7, 11) is -3.85. The maximum absolute atomic E-state index is 13.0. The third kappa shape index (κ3) is 5.71. The number of sulfone groups is 1. The molecule has 6 nitrogen and oxygen atoms in total. The molecule has 1 aromatic heterocycles. The van der Waals surface area contributed by atoms with E-state index in [2.05, 4.69) is 4.98 Å². The Balaban J connectivity index is 1.41. The molecule has 1 aliphatic rings. The third-order valence-electron chi connectivity index (χ3n) is 5.65. The summed E-state index contributed by atoms with van der Waals surface area (Å²) in [6, 6.07) is 17.2. The minimum atomic E-state index is -3.85. The van der Waals surface area contributed by atoms with Crippen LogP contribution >= 0.6 is 23.2 Å². The molecule has 0 unspecified atom stereocenters. The fraction of sp³-hybridized carbons (Fsp3) is 0.280. The third-order valence-corrected chi connectivity index (χ3v) is 8.24. The van der Waals surface area contributed by atoms with Crippen molar-refractivity contribution in [2.75, 3.05) is 13.1 Å². The molecule has 0 radical (unpaired) electrons. The van der Waals surface area contributed by atoms with Crippen LogP contribution in [0.1, 0.15) is 34.6 Å². The van der Waals surface area contributed by atoms with E-state index in [0.717, 1.165) is 5.75 Å². The molecule has 2 aromatic carbocycles. The van der Waals surface area contributed by atoms with Gasteiger partial charge in [0.2, 0.25) is 0 Å². The first-order chi connectivity index (χ1) is 16.2. The number of likely N-dealkylation sites (tertiary alicyclic amines) is 1. The second kappa shape index (κ2) is 10.3. The highest BCUT2D eigenvalue weighted by Gasteiger charge is 2.27. The van der Waals surface area contributed by atoms with E-state index < -0.39 is 15.6 Å². The zero-order valence-corrected chi connectivity index (χ0v) is 20.9. The molecule has 9 heteroatoms. The number of rotatable bonds is 6. The summed E-state index contributed by atoms with van der Waals surface area (Å²) in [6.07, 6.45) is 1.45. The summed E-state index contributed by atoms with van der Waals surface area (Å²) in [6.45, 7) is 3.10. The average Bonchev–Trinajstić information content (AvgIpc) is 2.80. The summed E-state index contributed by atoms with van der Waals surface area (Å²) >= 11 is 12.2. The Labute approximate surface area is 209 Å². The molecular weight excluding hydrogens is 495 g/mol. The van der Waals surface area contributed by atoms with Crippen molar-refractivity contribution in [1.82, 2.24) is 9.88 Å². The molecule has 0 bridgehead atoms. The maximum Gasteiger partial charge on any atom is 0.272 e. The predicted octanol–water partition coefficient (Wildman–Crippen LogP) is 5.35. The minimum Gasteiger partial charge on any atom is -0.490 e. The Morgan fingerprint density at radius 2 is 1.62 bits per heavy atom. The number of amides is 1. The zero-order chi connectivity index (χ0) is 24.3. The monoisotopic (exact) mass is 518 g/mol. The second-order valence-electron chi connectivity index (χ2n) is 8.25. The van der Waals surface area contributed by atoms with Crippen LogP contribution in [0, 0.1) is 6.92 Å². The number of aromatic nitrogens is 1. The van der Waals surface area contributed by atoms with Crippen LogP contribution in [0.15, 0.2) is 65.6 Å². The molecule has 178 valence electrons. The van der Waals surface area contributed by atoms with Gasteiger partial charge in [0.05, 0.1) is 21.5 Å². The molecule has 2 heterocycles. The predicted molar refractivity (Wildman–Crippen MR) is 132 cm³/mol. The fourth-order valence-corrected chi connectivity index (χ4v) is 6.40. The largest absolute Gasteiger partial charge is 0.490 e. The second-order valence-corrected chi connectivity index (χ2v) is 11.0. The number of carbonyl (C=O) groups is 1. The Morgan fingerprint density at radius 3 is 2.26 bits per heavy atom. The first kappa shape index (κ1) is 24.5. The molecule has 3 aromatic rings.